The van der Waals surface area contributed by atoms with Crippen molar-refractivity contribution in [2.75, 3.05) is 6.54 Å². The van der Waals surface area contributed by atoms with E-state index in [0.717, 1.165) is 11.8 Å². The first-order valence-electron chi connectivity index (χ1n) is 4.66. The topological polar surface area (TPSA) is 64.4 Å². The second kappa shape index (κ2) is 4.18. The van der Waals surface area contributed by atoms with E-state index in [1.165, 1.54) is 12.1 Å². The molecule has 1 N–H and O–H groups in total. The van der Waals surface area contributed by atoms with E-state index in [9.17, 15) is 14.5 Å². The Bertz CT molecular complexity index is 430. The molecule has 0 aromatic heterocycles. The third kappa shape index (κ3) is 2.28. The van der Waals surface area contributed by atoms with Crippen LogP contribution in [-0.2, 0) is 4.74 Å². The van der Waals surface area contributed by atoms with E-state index in [1.54, 1.807) is 12.1 Å². The van der Waals surface area contributed by atoms with E-state index in [0.29, 0.717) is 6.54 Å². The molecule has 0 aliphatic carbocycles. The van der Waals surface area contributed by atoms with E-state index in [-0.39, 0.29) is 17.8 Å². The smallest absolute Gasteiger partial charge is 0.293 e. The minimum atomic E-state index is -0.588. The van der Waals surface area contributed by atoms with Gasteiger partial charge in [0, 0.05) is 0 Å². The maximum Gasteiger partial charge on any atom is 0.293 e. The first-order valence-corrected chi connectivity index (χ1v) is 4.66. The van der Waals surface area contributed by atoms with E-state index >= 15 is 0 Å². The van der Waals surface area contributed by atoms with Crippen molar-refractivity contribution in [3.8, 4) is 0 Å². The van der Waals surface area contributed by atoms with E-state index in [4.69, 9.17) is 4.74 Å². The maximum atomic E-state index is 12.7. The van der Waals surface area contributed by atoms with Crippen LogP contribution in [0.1, 0.15) is 11.7 Å². The average Bonchev–Trinajstić information content (AvgIpc) is 2.66. The van der Waals surface area contributed by atoms with Crippen LogP contribution in [0, 0.1) is 15.9 Å². The predicted octanol–water partition coefficient (Wildman–Crippen LogP) is 1.56. The van der Waals surface area contributed by atoms with Crippen LogP contribution in [0.3, 0.4) is 0 Å². The molecule has 0 amide bonds. The summed E-state index contributed by atoms with van der Waals surface area (Å²) in [5, 5.41) is 13.0. The largest absolute Gasteiger partial charge is 0.465 e. The highest BCUT2D eigenvalue weighted by Crippen LogP contribution is 2.24. The van der Waals surface area contributed by atoms with Gasteiger partial charge in [-0.25, -0.2) is 4.39 Å². The highest BCUT2D eigenvalue weighted by Gasteiger charge is 2.23. The molecule has 1 atom stereocenters. The molecule has 5 nitrogen and oxygen atoms in total. The number of nitrogens with one attached hydrogen (secondary N) is 1. The summed E-state index contributed by atoms with van der Waals surface area (Å²) >= 11 is 0. The number of rotatable bonds is 2. The van der Waals surface area contributed by atoms with Gasteiger partial charge < -0.3 is 10.1 Å². The Morgan fingerprint density at radius 3 is 2.81 bits per heavy atom. The molecule has 1 aliphatic heterocycles. The van der Waals surface area contributed by atoms with Crippen molar-refractivity contribution in [1.29, 1.82) is 0 Å². The molecule has 1 aliphatic rings. The van der Waals surface area contributed by atoms with Crippen LogP contribution in [-0.4, -0.2) is 11.5 Å². The average molecular weight is 224 g/mol. The molecule has 6 heteroatoms. The number of hydrogen-bond acceptors (Lipinski definition) is 4. The first-order chi connectivity index (χ1) is 7.65. The number of nitro groups is 1. The maximum absolute atomic E-state index is 12.7. The molecule has 0 radical (unpaired) electrons. The zero-order chi connectivity index (χ0) is 11.5. The Hall–Kier alpha value is -2.11. The first kappa shape index (κ1) is 10.4. The lowest BCUT2D eigenvalue weighted by Crippen LogP contribution is -2.08. The molecular weight excluding hydrogens is 215 g/mol. The van der Waals surface area contributed by atoms with Gasteiger partial charge in [-0.3, -0.25) is 10.1 Å². The zero-order valence-corrected chi connectivity index (χ0v) is 8.22. The minimum absolute atomic E-state index is 0.124. The molecule has 1 saturated heterocycles. The fraction of sp³-hybridized carbons (Fsp3) is 0.200. The lowest BCUT2D eigenvalue weighted by molar-refractivity contribution is -0.405. The molecule has 0 bridgehead atoms. The van der Waals surface area contributed by atoms with Gasteiger partial charge in [0.1, 0.15) is 11.9 Å². The Balaban J connectivity index is 2.09. The van der Waals surface area contributed by atoms with Crippen molar-refractivity contribution in [2.24, 2.45) is 0 Å². The Morgan fingerprint density at radius 1 is 1.50 bits per heavy atom. The number of nitrogens with zero attached hydrogens (tertiary/aromatic N) is 1. The van der Waals surface area contributed by atoms with Gasteiger partial charge in [-0.1, -0.05) is 12.1 Å². The van der Waals surface area contributed by atoms with E-state index in [2.05, 4.69) is 5.32 Å². The third-order valence-electron chi connectivity index (χ3n) is 2.20. The van der Waals surface area contributed by atoms with Crippen molar-refractivity contribution in [2.45, 2.75) is 6.10 Å². The predicted molar refractivity (Wildman–Crippen MR) is 53.3 cm³/mol. The van der Waals surface area contributed by atoms with Gasteiger partial charge in [-0.2, -0.15) is 0 Å². The summed E-state index contributed by atoms with van der Waals surface area (Å²) in [6.07, 6.45) is 0.454. The van der Waals surface area contributed by atoms with Crippen molar-refractivity contribution in [3.05, 3.63) is 57.8 Å². The number of halogens is 1. The molecule has 1 fully saturated rings. The van der Waals surface area contributed by atoms with Crippen LogP contribution in [0.4, 0.5) is 4.39 Å². The van der Waals surface area contributed by atoms with Gasteiger partial charge >= 0.3 is 0 Å². The molecule has 16 heavy (non-hydrogen) atoms. The summed E-state index contributed by atoms with van der Waals surface area (Å²) in [7, 11) is 0. The summed E-state index contributed by atoms with van der Waals surface area (Å²) in [5.41, 5.74) is 0.778. The van der Waals surface area contributed by atoms with Crippen molar-refractivity contribution in [3.63, 3.8) is 0 Å². The van der Waals surface area contributed by atoms with Crippen LogP contribution in [0.25, 0.3) is 0 Å². The summed E-state index contributed by atoms with van der Waals surface area (Å²) < 4.78 is 17.9. The number of ether oxygens (including phenoxy) is 1. The fourth-order valence-electron chi connectivity index (χ4n) is 1.47. The van der Waals surface area contributed by atoms with Crippen molar-refractivity contribution >= 4 is 0 Å². The molecule has 1 aromatic rings. The lowest BCUT2D eigenvalue weighted by Gasteiger charge is -2.07. The molecule has 1 heterocycles. The number of benzene rings is 1. The lowest BCUT2D eigenvalue weighted by atomic mass is 10.1. The highest BCUT2D eigenvalue weighted by atomic mass is 19.1. The Morgan fingerprint density at radius 2 is 2.19 bits per heavy atom. The Kier molecular flexibility index (Phi) is 2.72. The van der Waals surface area contributed by atoms with Gasteiger partial charge in [-0.05, 0) is 17.7 Å². The molecular formula is C10H9FN2O3. The van der Waals surface area contributed by atoms with E-state index < -0.39 is 4.92 Å². The summed E-state index contributed by atoms with van der Waals surface area (Å²) in [6, 6.07) is 5.84. The molecule has 0 saturated carbocycles. The molecule has 84 valence electrons. The van der Waals surface area contributed by atoms with Gasteiger partial charge in [-0.15, -0.1) is 0 Å². The Labute approximate surface area is 90.7 Å². The monoisotopic (exact) mass is 224 g/mol. The molecule has 0 spiro atoms. The fourth-order valence-corrected chi connectivity index (χ4v) is 1.47. The number of hydrogen-bond donors (Lipinski definition) is 1. The van der Waals surface area contributed by atoms with Crippen LogP contribution in [0.15, 0.2) is 36.3 Å². The second-order valence-electron chi connectivity index (χ2n) is 3.32. The van der Waals surface area contributed by atoms with Crippen LogP contribution < -0.4 is 5.32 Å². The van der Waals surface area contributed by atoms with Gasteiger partial charge in [0.25, 0.3) is 12.1 Å². The van der Waals surface area contributed by atoms with Gasteiger partial charge in [0.15, 0.2) is 0 Å². The zero-order valence-electron chi connectivity index (χ0n) is 8.22. The van der Waals surface area contributed by atoms with Crippen LogP contribution in [0.5, 0.6) is 0 Å². The summed E-state index contributed by atoms with van der Waals surface area (Å²) in [5.74, 6) is -0.199. The van der Waals surface area contributed by atoms with Crippen LogP contribution >= 0.6 is 0 Å². The van der Waals surface area contributed by atoms with E-state index in [1.807, 2.05) is 0 Å². The van der Waals surface area contributed by atoms with Crippen molar-refractivity contribution in [1.82, 2.24) is 5.32 Å². The highest BCUT2D eigenvalue weighted by molar-refractivity contribution is 5.21. The van der Waals surface area contributed by atoms with Crippen molar-refractivity contribution < 1.29 is 14.1 Å². The van der Waals surface area contributed by atoms with Crippen LogP contribution in [0.2, 0.25) is 0 Å². The molecule has 2 rings (SSSR count). The van der Waals surface area contributed by atoms with Gasteiger partial charge in [0.05, 0.1) is 11.5 Å². The third-order valence-corrected chi connectivity index (χ3v) is 2.20. The molecule has 1 aromatic carbocycles. The van der Waals surface area contributed by atoms with Gasteiger partial charge in [0.2, 0.25) is 0 Å². The summed E-state index contributed by atoms with van der Waals surface area (Å²) in [6.45, 7) is 0.436. The molecule has 1 unspecified atom stereocenters. The summed E-state index contributed by atoms with van der Waals surface area (Å²) in [4.78, 5) is 9.61. The SMILES string of the molecule is O=[N+]([O-])/C=C1\NCC(c2ccc(F)cc2)O1. The standard InChI is InChI=1S/C10H9FN2O3/c11-8-3-1-7(2-4-8)9-5-12-10(16-9)6-13(14)15/h1-4,6,9,12H,5H2/b10-6+. The minimum Gasteiger partial charge on any atom is -0.465 e. The quantitative estimate of drug-likeness (QED) is 0.611. The second-order valence-corrected chi connectivity index (χ2v) is 3.32. The normalized spacial score (nSPS) is 21.6.